The van der Waals surface area contributed by atoms with Gasteiger partial charge in [-0.3, -0.25) is 4.57 Å². The quantitative estimate of drug-likeness (QED) is 0.168. The monoisotopic (exact) mass is 747 g/mol. The van der Waals surface area contributed by atoms with Gasteiger partial charge in [0.2, 0.25) is 0 Å². The van der Waals surface area contributed by atoms with Gasteiger partial charge < -0.3 is 0 Å². The van der Waals surface area contributed by atoms with E-state index in [0.29, 0.717) is 0 Å². The Kier molecular flexibility index (Phi) is 6.72. The molecule has 0 aliphatic heterocycles. The Morgan fingerprint density at radius 2 is 0.983 bits per heavy atom. The first kappa shape index (κ1) is 32.2. The zero-order valence-electron chi connectivity index (χ0n) is 31.9. The molecule has 0 saturated carbocycles. The normalized spacial score (nSPS) is 12.1. The third-order valence-electron chi connectivity index (χ3n) is 12.5. The summed E-state index contributed by atoms with van der Waals surface area (Å²) in [7, 11) is 0. The molecular formula is C56H33N3. The van der Waals surface area contributed by atoms with Crippen molar-refractivity contribution in [3.63, 3.8) is 0 Å². The summed E-state index contributed by atoms with van der Waals surface area (Å²) in [6.45, 7) is 0. The Hall–Kier alpha value is -7.88. The van der Waals surface area contributed by atoms with Crippen LogP contribution in [0, 0.1) is 0 Å². The van der Waals surface area contributed by atoms with E-state index in [1.54, 1.807) is 0 Å². The summed E-state index contributed by atoms with van der Waals surface area (Å²) in [4.78, 5) is 11.3. The molecule has 0 radical (unpaired) electrons. The van der Waals surface area contributed by atoms with Crippen LogP contribution in [-0.4, -0.2) is 14.5 Å². The number of hydrogen-bond acceptors (Lipinski definition) is 2. The molecule has 0 N–H and O–H groups in total. The van der Waals surface area contributed by atoms with Gasteiger partial charge in [0.15, 0.2) is 5.82 Å². The van der Waals surface area contributed by atoms with Crippen LogP contribution in [0.3, 0.4) is 0 Å². The molecule has 2 heterocycles. The number of aromatic nitrogens is 3. The Morgan fingerprint density at radius 3 is 1.86 bits per heavy atom. The van der Waals surface area contributed by atoms with Gasteiger partial charge in [-0.1, -0.05) is 176 Å². The molecule has 0 saturated heterocycles. The Bertz CT molecular complexity index is 3710. The zero-order chi connectivity index (χ0) is 38.6. The molecule has 0 unspecified atom stereocenters. The highest BCUT2D eigenvalue weighted by Crippen LogP contribution is 2.52. The molecule has 3 nitrogen and oxygen atoms in total. The lowest BCUT2D eigenvalue weighted by atomic mass is 9.88. The minimum absolute atomic E-state index is 0.816. The van der Waals surface area contributed by atoms with Crippen LogP contribution in [0.2, 0.25) is 0 Å². The second kappa shape index (κ2) is 12.3. The maximum Gasteiger partial charge on any atom is 0.165 e. The maximum atomic E-state index is 5.71. The predicted octanol–water partition coefficient (Wildman–Crippen LogP) is 14.8. The molecule has 1 aliphatic carbocycles. The first-order chi connectivity index (χ1) is 29.3. The fourth-order valence-electron chi connectivity index (χ4n) is 9.81. The van der Waals surface area contributed by atoms with Crippen molar-refractivity contribution in [2.75, 3.05) is 0 Å². The Morgan fingerprint density at radius 1 is 0.339 bits per heavy atom. The Balaban J connectivity index is 1.15. The standard InChI is InChI=1S/C56H33N3/c1-2-12-36(13-3-1)42-29-32-49-53-51(42)46-19-9-8-18-44(46)45-20-10-16-38-28-31-48(52(53)50(38)45)59(49)56-54(57-47-30-27-37-14-6-7-17-43(37)55(47)58-56)39-24-21-35(22-25-39)41-26-23-34-11-4-5-15-40(34)33-41/h1-33H. The van der Waals surface area contributed by atoms with Gasteiger partial charge in [0.05, 0.1) is 22.1 Å². The van der Waals surface area contributed by atoms with Gasteiger partial charge in [-0.2, -0.15) is 0 Å². The first-order valence-electron chi connectivity index (χ1n) is 20.2. The summed E-state index contributed by atoms with van der Waals surface area (Å²) in [5.41, 5.74) is 15.6. The highest BCUT2D eigenvalue weighted by Gasteiger charge is 2.28. The van der Waals surface area contributed by atoms with Crippen molar-refractivity contribution < 1.29 is 0 Å². The molecule has 0 spiro atoms. The van der Waals surface area contributed by atoms with Crippen molar-refractivity contribution in [1.29, 1.82) is 0 Å². The summed E-state index contributed by atoms with van der Waals surface area (Å²) in [6, 6.07) is 72.6. The van der Waals surface area contributed by atoms with Crippen LogP contribution in [0.1, 0.15) is 0 Å². The van der Waals surface area contributed by atoms with E-state index in [9.17, 15) is 0 Å². The predicted molar refractivity (Wildman–Crippen MR) is 247 cm³/mol. The van der Waals surface area contributed by atoms with E-state index in [2.05, 4.69) is 205 Å². The van der Waals surface area contributed by atoms with Crippen molar-refractivity contribution in [2.45, 2.75) is 0 Å². The minimum atomic E-state index is 0.816. The summed E-state index contributed by atoms with van der Waals surface area (Å²) >= 11 is 0. The second-order valence-electron chi connectivity index (χ2n) is 15.7. The smallest absolute Gasteiger partial charge is 0.165 e. The molecule has 0 atom stereocenters. The lowest BCUT2D eigenvalue weighted by Crippen LogP contribution is -2.04. The molecule has 0 amide bonds. The van der Waals surface area contributed by atoms with Gasteiger partial charge in [-0.15, -0.1) is 0 Å². The van der Waals surface area contributed by atoms with Crippen molar-refractivity contribution in [3.8, 4) is 61.6 Å². The first-order valence-corrected chi connectivity index (χ1v) is 20.2. The topological polar surface area (TPSA) is 30.7 Å². The highest BCUT2D eigenvalue weighted by molar-refractivity contribution is 6.32. The number of nitrogens with zero attached hydrogens (tertiary/aromatic N) is 3. The van der Waals surface area contributed by atoms with E-state index < -0.39 is 0 Å². The number of rotatable bonds is 4. The molecule has 1 aliphatic rings. The van der Waals surface area contributed by atoms with Gasteiger partial charge in [-0.05, 0) is 90.1 Å². The fourth-order valence-corrected chi connectivity index (χ4v) is 9.81. The average molecular weight is 748 g/mol. The molecule has 0 bridgehead atoms. The van der Waals surface area contributed by atoms with E-state index >= 15 is 0 Å². The van der Waals surface area contributed by atoms with E-state index in [0.717, 1.165) is 55.5 Å². The lowest BCUT2D eigenvalue weighted by molar-refractivity contribution is 1.08. The molecule has 12 aromatic rings. The maximum absolute atomic E-state index is 5.71. The number of benzene rings is 10. The SMILES string of the molecule is c1ccc(-c2ccc3c4c2-c2ccccc2-c2cccc5ccc(c4c25)n3-c2nc3c(ccc4ccccc43)nc2-c2ccc(-c3ccc4ccccc4c3)cc2)cc1. The zero-order valence-corrected chi connectivity index (χ0v) is 31.9. The van der Waals surface area contributed by atoms with Crippen LogP contribution in [0.15, 0.2) is 200 Å². The average Bonchev–Trinajstić information content (AvgIpc) is 3.58. The van der Waals surface area contributed by atoms with Gasteiger partial charge >= 0.3 is 0 Å². The van der Waals surface area contributed by atoms with Crippen LogP contribution >= 0.6 is 0 Å². The Labute approximate surface area is 340 Å². The largest absolute Gasteiger partial charge is 0.292 e. The van der Waals surface area contributed by atoms with Crippen molar-refractivity contribution in [2.24, 2.45) is 0 Å². The molecular weight excluding hydrogens is 715 g/mol. The molecule has 3 heteroatoms. The highest BCUT2D eigenvalue weighted by atomic mass is 15.1. The van der Waals surface area contributed by atoms with Crippen LogP contribution < -0.4 is 0 Å². The van der Waals surface area contributed by atoms with Gasteiger partial charge in [0.25, 0.3) is 0 Å². The van der Waals surface area contributed by atoms with Crippen LogP contribution in [0.25, 0.3) is 127 Å². The van der Waals surface area contributed by atoms with Crippen molar-refractivity contribution in [1.82, 2.24) is 14.5 Å². The van der Waals surface area contributed by atoms with E-state index in [4.69, 9.17) is 9.97 Å². The van der Waals surface area contributed by atoms with E-state index in [-0.39, 0.29) is 0 Å². The second-order valence-corrected chi connectivity index (χ2v) is 15.7. The van der Waals surface area contributed by atoms with Crippen LogP contribution in [0.5, 0.6) is 0 Å². The molecule has 13 rings (SSSR count). The molecule has 272 valence electrons. The molecule has 10 aromatic carbocycles. The third-order valence-corrected chi connectivity index (χ3v) is 12.5. The fraction of sp³-hybridized carbons (Fsp3) is 0. The van der Waals surface area contributed by atoms with Crippen molar-refractivity contribution in [3.05, 3.63) is 200 Å². The summed E-state index contributed by atoms with van der Waals surface area (Å²) in [6.07, 6.45) is 0. The molecule has 2 aromatic heterocycles. The minimum Gasteiger partial charge on any atom is -0.292 e. The summed E-state index contributed by atoms with van der Waals surface area (Å²) in [5, 5.41) is 9.68. The van der Waals surface area contributed by atoms with E-state index in [1.807, 2.05) is 0 Å². The summed E-state index contributed by atoms with van der Waals surface area (Å²) < 4.78 is 2.40. The number of fused-ring (bicyclic) bond motifs is 7. The molecule has 0 fully saturated rings. The number of hydrogen-bond donors (Lipinski definition) is 0. The van der Waals surface area contributed by atoms with Crippen LogP contribution in [-0.2, 0) is 0 Å². The summed E-state index contributed by atoms with van der Waals surface area (Å²) in [5.74, 6) is 0.816. The third kappa shape index (κ3) is 4.70. The van der Waals surface area contributed by atoms with Gasteiger partial charge in [0.1, 0.15) is 5.69 Å². The van der Waals surface area contributed by atoms with Crippen molar-refractivity contribution >= 4 is 65.2 Å². The van der Waals surface area contributed by atoms with Gasteiger partial charge in [0, 0.05) is 27.3 Å². The molecule has 59 heavy (non-hydrogen) atoms. The lowest BCUT2D eigenvalue weighted by Gasteiger charge is -2.18. The van der Waals surface area contributed by atoms with Crippen LogP contribution in [0.4, 0.5) is 0 Å². The van der Waals surface area contributed by atoms with E-state index in [1.165, 1.54) is 71.3 Å². The van der Waals surface area contributed by atoms with Gasteiger partial charge in [-0.25, -0.2) is 9.97 Å².